The molecule has 0 atom stereocenters. The maximum absolute atomic E-state index is 14.4. The predicted molar refractivity (Wildman–Crippen MR) is 122 cm³/mol. The minimum Gasteiger partial charge on any atom is -0.508 e. The maximum Gasteiger partial charge on any atom is 0.141 e. The number of ether oxygens (including phenoxy) is 1. The van der Waals surface area contributed by atoms with Gasteiger partial charge in [-0.1, -0.05) is 48.5 Å². The van der Waals surface area contributed by atoms with Crippen LogP contribution in [0.1, 0.15) is 22.3 Å². The molecule has 4 aromatic rings. The first-order chi connectivity index (χ1) is 15.5. The van der Waals surface area contributed by atoms with E-state index >= 15 is 0 Å². The summed E-state index contributed by atoms with van der Waals surface area (Å²) in [5, 5.41) is 19.4. The van der Waals surface area contributed by atoms with Crippen LogP contribution in [0.15, 0.2) is 72.9 Å². The molecule has 0 bridgehead atoms. The molecule has 0 saturated heterocycles. The molecule has 158 valence electrons. The number of aryl methyl sites for hydroxylation is 2. The van der Waals surface area contributed by atoms with Crippen LogP contribution in [0, 0.1) is 31.0 Å². The number of pyridine rings is 1. The van der Waals surface area contributed by atoms with Gasteiger partial charge in [0.05, 0.1) is 16.8 Å². The molecule has 1 N–H and O–H groups in total. The van der Waals surface area contributed by atoms with Crippen LogP contribution in [0.2, 0.25) is 0 Å². The van der Waals surface area contributed by atoms with Gasteiger partial charge >= 0.3 is 0 Å². The van der Waals surface area contributed by atoms with Crippen LogP contribution in [-0.2, 0) is 6.61 Å². The van der Waals surface area contributed by atoms with E-state index in [1.54, 1.807) is 18.3 Å². The van der Waals surface area contributed by atoms with E-state index < -0.39 is 5.82 Å². The lowest BCUT2D eigenvalue weighted by molar-refractivity contribution is 0.305. The van der Waals surface area contributed by atoms with Crippen molar-refractivity contribution in [3.8, 4) is 40.0 Å². The first kappa shape index (κ1) is 21.1. The van der Waals surface area contributed by atoms with Gasteiger partial charge in [-0.2, -0.15) is 5.26 Å². The van der Waals surface area contributed by atoms with Gasteiger partial charge in [0.1, 0.15) is 30.0 Å². The normalized spacial score (nSPS) is 10.6. The fourth-order valence-corrected chi connectivity index (χ4v) is 3.51. The van der Waals surface area contributed by atoms with E-state index in [-0.39, 0.29) is 11.3 Å². The lowest BCUT2D eigenvalue weighted by Crippen LogP contribution is -2.02. The standard InChI is InChI=1S/C27H21FN2O2/c1-17-8-9-20(13-24(17)31)25-26(21-10-11-22(14-29)23(28)12-21)30-15-18(2)27(25)32-16-19-6-4-3-5-7-19/h3-13,15,31H,16H2,1-2H3. The van der Waals surface area contributed by atoms with Crippen molar-refractivity contribution in [2.75, 3.05) is 0 Å². The van der Waals surface area contributed by atoms with Gasteiger partial charge in [0.15, 0.2) is 0 Å². The van der Waals surface area contributed by atoms with Crippen LogP contribution in [0.4, 0.5) is 4.39 Å². The number of hydrogen-bond acceptors (Lipinski definition) is 4. The molecule has 0 amide bonds. The van der Waals surface area contributed by atoms with E-state index in [2.05, 4.69) is 4.98 Å². The van der Waals surface area contributed by atoms with Crippen LogP contribution >= 0.6 is 0 Å². The van der Waals surface area contributed by atoms with Gasteiger partial charge in [0, 0.05) is 17.3 Å². The lowest BCUT2D eigenvalue weighted by Gasteiger charge is -2.18. The number of halogens is 1. The molecular formula is C27H21FN2O2. The topological polar surface area (TPSA) is 66.1 Å². The minimum absolute atomic E-state index is 0.0315. The molecule has 0 aliphatic carbocycles. The Balaban J connectivity index is 1.90. The quantitative estimate of drug-likeness (QED) is 0.407. The summed E-state index contributed by atoms with van der Waals surface area (Å²) in [5.41, 5.74) is 4.91. The van der Waals surface area contributed by atoms with Crippen molar-refractivity contribution in [2.24, 2.45) is 0 Å². The fourth-order valence-electron chi connectivity index (χ4n) is 3.51. The molecule has 4 nitrogen and oxygen atoms in total. The van der Waals surface area contributed by atoms with Crippen LogP contribution in [0.3, 0.4) is 0 Å². The number of aromatic hydroxyl groups is 1. The van der Waals surface area contributed by atoms with Gasteiger partial charge < -0.3 is 9.84 Å². The summed E-state index contributed by atoms with van der Waals surface area (Å²) in [6.07, 6.45) is 1.68. The molecule has 3 aromatic carbocycles. The Bertz CT molecular complexity index is 1330. The van der Waals surface area contributed by atoms with Crippen LogP contribution in [0.5, 0.6) is 11.5 Å². The van der Waals surface area contributed by atoms with Crippen molar-refractivity contribution < 1.29 is 14.2 Å². The summed E-state index contributed by atoms with van der Waals surface area (Å²) >= 11 is 0. The van der Waals surface area contributed by atoms with E-state index in [1.165, 1.54) is 12.1 Å². The zero-order valence-electron chi connectivity index (χ0n) is 17.8. The Morgan fingerprint density at radius 1 is 0.969 bits per heavy atom. The van der Waals surface area contributed by atoms with E-state index in [1.807, 2.05) is 62.4 Å². The second kappa shape index (κ2) is 8.91. The van der Waals surface area contributed by atoms with Crippen LogP contribution in [0.25, 0.3) is 22.4 Å². The highest BCUT2D eigenvalue weighted by atomic mass is 19.1. The summed E-state index contributed by atoms with van der Waals surface area (Å²) in [5.74, 6) is 0.138. The van der Waals surface area contributed by atoms with Crippen molar-refractivity contribution >= 4 is 0 Å². The molecule has 4 rings (SSSR count). The number of rotatable bonds is 5. The number of hydrogen-bond donors (Lipinski definition) is 1. The molecule has 0 saturated carbocycles. The van der Waals surface area contributed by atoms with Crippen LogP contribution < -0.4 is 4.74 Å². The second-order valence-electron chi connectivity index (χ2n) is 7.58. The van der Waals surface area contributed by atoms with E-state index in [0.29, 0.717) is 34.7 Å². The monoisotopic (exact) mass is 424 g/mol. The number of aromatic nitrogens is 1. The Kier molecular flexibility index (Phi) is 5.87. The van der Waals surface area contributed by atoms with E-state index in [4.69, 9.17) is 10.00 Å². The highest BCUT2D eigenvalue weighted by molar-refractivity contribution is 5.86. The van der Waals surface area contributed by atoms with Gasteiger partial charge in [-0.3, -0.25) is 4.98 Å². The third-order valence-corrected chi connectivity index (χ3v) is 5.30. The number of nitrogens with zero attached hydrogens (tertiary/aromatic N) is 2. The second-order valence-corrected chi connectivity index (χ2v) is 7.58. The number of phenolic OH excluding ortho intramolecular Hbond substituents is 1. The van der Waals surface area contributed by atoms with E-state index in [0.717, 1.165) is 16.7 Å². The summed E-state index contributed by atoms with van der Waals surface area (Å²) in [7, 11) is 0. The summed E-state index contributed by atoms with van der Waals surface area (Å²) in [6.45, 7) is 4.06. The first-order valence-electron chi connectivity index (χ1n) is 10.1. The van der Waals surface area contributed by atoms with Gasteiger partial charge in [0.2, 0.25) is 0 Å². The maximum atomic E-state index is 14.4. The third-order valence-electron chi connectivity index (χ3n) is 5.30. The minimum atomic E-state index is -0.614. The molecule has 32 heavy (non-hydrogen) atoms. The van der Waals surface area contributed by atoms with Gasteiger partial charge in [-0.05, 0) is 48.7 Å². The largest absolute Gasteiger partial charge is 0.508 e. The Morgan fingerprint density at radius 2 is 1.72 bits per heavy atom. The average Bonchev–Trinajstić information content (AvgIpc) is 2.80. The van der Waals surface area contributed by atoms with Crippen molar-refractivity contribution in [2.45, 2.75) is 20.5 Å². The number of benzene rings is 3. The Labute approximate surface area is 186 Å². The lowest BCUT2D eigenvalue weighted by atomic mass is 9.95. The molecular weight excluding hydrogens is 403 g/mol. The van der Waals surface area contributed by atoms with Crippen LogP contribution in [-0.4, -0.2) is 10.1 Å². The highest BCUT2D eigenvalue weighted by Gasteiger charge is 2.20. The fraction of sp³-hybridized carbons (Fsp3) is 0.111. The zero-order chi connectivity index (χ0) is 22.7. The van der Waals surface area contributed by atoms with Gasteiger partial charge in [0.25, 0.3) is 0 Å². The van der Waals surface area contributed by atoms with Crippen molar-refractivity contribution in [1.82, 2.24) is 4.98 Å². The van der Waals surface area contributed by atoms with Crippen molar-refractivity contribution in [3.63, 3.8) is 0 Å². The first-order valence-corrected chi connectivity index (χ1v) is 10.1. The smallest absolute Gasteiger partial charge is 0.141 e. The molecule has 0 aliphatic heterocycles. The average molecular weight is 424 g/mol. The predicted octanol–water partition coefficient (Wildman–Crippen LogP) is 6.33. The molecule has 0 fully saturated rings. The van der Waals surface area contributed by atoms with Crippen molar-refractivity contribution in [3.05, 3.63) is 101 Å². The molecule has 0 unspecified atom stereocenters. The van der Waals surface area contributed by atoms with E-state index in [9.17, 15) is 9.50 Å². The molecule has 0 aliphatic rings. The summed E-state index contributed by atoms with van der Waals surface area (Å²) < 4.78 is 20.7. The number of nitriles is 1. The molecule has 1 aromatic heterocycles. The number of phenols is 1. The third kappa shape index (κ3) is 4.17. The molecule has 0 spiro atoms. The Hall–Kier alpha value is -4.17. The Morgan fingerprint density at radius 3 is 2.41 bits per heavy atom. The SMILES string of the molecule is Cc1ccc(-c2c(-c3ccc(C#N)c(F)c3)ncc(C)c2OCc2ccccc2)cc1O. The molecule has 0 radical (unpaired) electrons. The molecule has 1 heterocycles. The van der Waals surface area contributed by atoms with Gasteiger partial charge in [-0.25, -0.2) is 4.39 Å². The van der Waals surface area contributed by atoms with Crippen molar-refractivity contribution in [1.29, 1.82) is 5.26 Å². The zero-order valence-corrected chi connectivity index (χ0v) is 17.8. The summed E-state index contributed by atoms with van der Waals surface area (Å²) in [4.78, 5) is 4.58. The van der Waals surface area contributed by atoms with Gasteiger partial charge in [-0.15, -0.1) is 0 Å². The summed E-state index contributed by atoms with van der Waals surface area (Å²) in [6, 6.07) is 21.4. The molecule has 5 heteroatoms. The highest BCUT2D eigenvalue weighted by Crippen LogP contribution is 2.42.